The predicted octanol–water partition coefficient (Wildman–Crippen LogP) is 1.00. The summed E-state index contributed by atoms with van der Waals surface area (Å²) in [7, 11) is -4.57. The first-order valence-electron chi connectivity index (χ1n) is 18.6. The minimum atomic E-state index is -4.64. The molecule has 1 atom stereocenters. The molecule has 6 N–H and O–H groups in total. The largest absolute Gasteiger partial charge is 0.778 e. The molecule has 0 aliphatic carbocycles. The van der Waals surface area contributed by atoms with Crippen LogP contribution in [0.2, 0.25) is 5.15 Å². The number of carbonyl (C=O) groups excluding carboxylic acids is 2. The molecule has 0 saturated heterocycles. The molecule has 0 spiro atoms. The first-order chi connectivity index (χ1) is 31.1. The Labute approximate surface area is 394 Å². The van der Waals surface area contributed by atoms with E-state index < -0.39 is 70.0 Å². The highest BCUT2D eigenvalue weighted by atomic mass is 35.5. The molecule has 1 aromatic carbocycles. The zero-order valence-electron chi connectivity index (χ0n) is 36.9. The molecule has 5 heterocycles. The van der Waals surface area contributed by atoms with Crippen molar-refractivity contribution in [3.63, 3.8) is 0 Å². The van der Waals surface area contributed by atoms with Crippen LogP contribution in [0.4, 0.5) is 26.5 Å². The number of aliphatic carboxylic acids is 1. The van der Waals surface area contributed by atoms with Gasteiger partial charge in [0.2, 0.25) is 22.5 Å². The maximum atomic E-state index is 14.5. The van der Waals surface area contributed by atoms with Crippen LogP contribution in [0.3, 0.4) is 0 Å². The van der Waals surface area contributed by atoms with Crippen molar-refractivity contribution in [3.8, 4) is 29.9 Å². The number of aromatic nitrogens is 6. The fourth-order valence-electron chi connectivity index (χ4n) is 5.48. The van der Waals surface area contributed by atoms with E-state index >= 15 is 0 Å². The minimum Gasteiger partial charge on any atom is -0.778 e. The number of aromatic carboxylic acids is 1. The molecule has 0 saturated carbocycles. The molecule has 3 amide bonds. The van der Waals surface area contributed by atoms with Gasteiger partial charge in [-0.3, -0.25) is 29.8 Å². The second-order valence-electron chi connectivity index (χ2n) is 14.7. The lowest BCUT2D eigenvalue weighted by atomic mass is 9.92. The second kappa shape index (κ2) is 23.7. The van der Waals surface area contributed by atoms with E-state index in [1.807, 2.05) is 9.88 Å². The lowest BCUT2D eigenvalue weighted by molar-refractivity contribution is -0.193. The summed E-state index contributed by atoms with van der Waals surface area (Å²) in [6.07, 6.45) is 12.1. The van der Waals surface area contributed by atoms with Crippen LogP contribution >= 0.6 is 30.7 Å². The van der Waals surface area contributed by atoms with E-state index in [4.69, 9.17) is 47.3 Å². The standard InChI is InChI=1S/C18H17FN4O2S.C12H13ClN6O7S.C3H8NO5P.C3H9S/c1-4-5-22-13-7-12(11(19)6-14(13)25-9-16(22)24)20-17-23-10-18(2,3)8-15(23)21-26-17;1-19-9(7(10(20)21)8(13)17-19)27(23,24)18-12(22)16-11-14-5(25-2)4-6(15-11)26-3;5-3(6)1-4-2-10(7,8)9;1-4(2)3/h1,6-7H,5,8-10H2,2-3H3;4H,1-3H3,(H,20,21)(H2,14,15,16,18,22);4H,1-2H2,(H,5,6)(H2,7,8,9);1-3H3/q;;;+1/p-1. The van der Waals surface area contributed by atoms with E-state index in [0.717, 1.165) is 25.8 Å². The van der Waals surface area contributed by atoms with Gasteiger partial charge in [0.25, 0.3) is 15.9 Å². The van der Waals surface area contributed by atoms with Crippen molar-refractivity contribution in [3.05, 3.63) is 45.4 Å². The number of fused-ring (bicyclic) bond motifs is 2. The third-order valence-electron chi connectivity index (χ3n) is 7.99. The third kappa shape index (κ3) is 16.5. The molecule has 2 aliphatic rings. The molecule has 3 aromatic heterocycles. The number of terminal acetylenes is 1. The van der Waals surface area contributed by atoms with Crippen LogP contribution < -0.4 is 44.2 Å². The van der Waals surface area contributed by atoms with Gasteiger partial charge >= 0.3 is 18.0 Å². The summed E-state index contributed by atoms with van der Waals surface area (Å²) in [5.74, 6) is -0.104. The van der Waals surface area contributed by atoms with Crippen LogP contribution in [0.15, 0.2) is 28.2 Å². The molecular weight excluding hydrogens is 992 g/mol. The Kier molecular flexibility index (Phi) is 19.6. The van der Waals surface area contributed by atoms with Crippen LogP contribution in [0.5, 0.6) is 17.5 Å². The maximum absolute atomic E-state index is 14.5. The number of sulfonamides is 1. The van der Waals surface area contributed by atoms with E-state index in [2.05, 4.69) is 68.3 Å². The zero-order valence-corrected chi connectivity index (χ0v) is 41.0. The number of carbonyl (C=O) groups is 4. The van der Waals surface area contributed by atoms with E-state index in [9.17, 15) is 41.4 Å². The Morgan fingerprint density at radius 2 is 1.78 bits per heavy atom. The SMILES string of the molecule is C#CCN1C(=O)COc2cc(F)c(N=c3snc4n3CC(C)(C)C4)cc21.COc1cc(OC)nc(NC(=O)NS(=O)(=O)c2c(C(=O)O)c(Cl)nn2C)n1.C[S+](C)C.O=C(O)CNCP(=O)([O-])O. The number of urea groups is 1. The van der Waals surface area contributed by atoms with Gasteiger partial charge in [-0.15, -0.1) is 6.42 Å². The Bertz CT molecular complexity index is 2730. The average molecular weight is 1040 g/mol. The fraction of sp³-hybridized carbons (Fsp3) is 0.417. The number of carboxylic acids is 2. The normalized spacial score (nSPS) is 14.5. The number of nitrogens with zero attached hydrogens (tertiary/aromatic N) is 8. The number of benzene rings is 1. The summed E-state index contributed by atoms with van der Waals surface area (Å²) in [4.78, 5) is 77.2. The van der Waals surface area contributed by atoms with Gasteiger partial charge in [0.1, 0.15) is 30.4 Å². The summed E-state index contributed by atoms with van der Waals surface area (Å²) in [5, 5.41) is 23.3. The lowest BCUT2D eigenvalue weighted by Crippen LogP contribution is -2.39. The van der Waals surface area contributed by atoms with Gasteiger partial charge < -0.3 is 43.3 Å². The number of hydrogen-bond acceptors (Lipinski definition) is 18. The molecule has 67 heavy (non-hydrogen) atoms. The number of nitrogens with one attached hydrogen (secondary N) is 3. The van der Waals surface area contributed by atoms with Gasteiger partial charge in [0, 0.05) is 37.6 Å². The van der Waals surface area contributed by atoms with Crippen molar-refractivity contribution in [1.29, 1.82) is 0 Å². The van der Waals surface area contributed by atoms with Gasteiger partial charge in [-0.1, -0.05) is 31.4 Å². The van der Waals surface area contributed by atoms with E-state index in [0.29, 0.717) is 31.8 Å². The number of amides is 3. The number of halogens is 2. The minimum absolute atomic E-state index is 0.0478. The zero-order chi connectivity index (χ0) is 50.6. The van der Waals surface area contributed by atoms with Crippen molar-refractivity contribution in [1.82, 2.24) is 38.7 Å². The summed E-state index contributed by atoms with van der Waals surface area (Å²) >= 11 is 6.87. The van der Waals surface area contributed by atoms with Crippen molar-refractivity contribution < 1.29 is 70.8 Å². The number of ether oxygens (including phenoxy) is 3. The van der Waals surface area contributed by atoms with Gasteiger partial charge in [0.05, 0.1) is 64.1 Å². The quantitative estimate of drug-likeness (QED) is 0.0655. The van der Waals surface area contributed by atoms with Crippen molar-refractivity contribution >= 4 is 92.8 Å². The Morgan fingerprint density at radius 3 is 2.31 bits per heavy atom. The molecule has 4 aromatic rings. The van der Waals surface area contributed by atoms with Gasteiger partial charge in [-0.05, 0) is 22.4 Å². The number of aryl methyl sites for hydroxylation is 1. The van der Waals surface area contributed by atoms with Gasteiger partial charge in [0.15, 0.2) is 22.6 Å². The molecule has 2 aliphatic heterocycles. The first kappa shape index (κ1) is 55.5. The van der Waals surface area contributed by atoms with E-state index in [1.54, 1.807) is 4.72 Å². The number of anilines is 2. The summed E-state index contributed by atoms with van der Waals surface area (Å²) in [6, 6.07) is 2.82. The Hall–Kier alpha value is -5.86. The van der Waals surface area contributed by atoms with Crippen LogP contribution in [-0.4, -0.2) is 135 Å². The molecular formula is C36H46ClFN11O14PS3. The first-order valence-corrected chi connectivity index (χ1v) is 25.5. The Balaban J connectivity index is 0.000000278. The number of carboxylic acid groups (broad SMARTS) is 2. The van der Waals surface area contributed by atoms with Crippen molar-refractivity contribution in [2.24, 2.45) is 17.5 Å². The highest BCUT2D eigenvalue weighted by Crippen LogP contribution is 2.38. The van der Waals surface area contributed by atoms with Gasteiger partial charge in [-0.25, -0.2) is 23.7 Å². The van der Waals surface area contributed by atoms with Gasteiger partial charge in [-0.2, -0.15) is 27.9 Å². The monoisotopic (exact) mass is 1040 g/mol. The molecule has 31 heteroatoms. The third-order valence-corrected chi connectivity index (χ3v) is 11.1. The van der Waals surface area contributed by atoms with Crippen molar-refractivity contribution in [2.45, 2.75) is 31.8 Å². The molecule has 366 valence electrons. The predicted molar refractivity (Wildman–Crippen MR) is 241 cm³/mol. The van der Waals surface area contributed by atoms with Crippen LogP contribution in [-0.2, 0) is 55.1 Å². The fourth-order valence-corrected chi connectivity index (χ4v) is 8.21. The van der Waals surface area contributed by atoms with E-state index in [-0.39, 0.29) is 47.9 Å². The molecule has 25 nitrogen and oxygen atoms in total. The summed E-state index contributed by atoms with van der Waals surface area (Å²) in [5.41, 5.74) is -0.101. The summed E-state index contributed by atoms with van der Waals surface area (Å²) in [6.45, 7) is 4.57. The summed E-state index contributed by atoms with van der Waals surface area (Å²) < 4.78 is 73.2. The second-order valence-corrected chi connectivity index (χ2v) is 21.5. The molecule has 0 bridgehead atoms. The number of methoxy groups -OCH3 is 2. The number of rotatable bonds is 12. The molecule has 1 unspecified atom stereocenters. The lowest BCUT2D eigenvalue weighted by Gasteiger charge is -2.28. The average Bonchev–Trinajstić information content (AvgIpc) is 3.83. The van der Waals surface area contributed by atoms with Crippen LogP contribution in [0, 0.1) is 23.6 Å². The van der Waals surface area contributed by atoms with Crippen LogP contribution in [0.1, 0.15) is 30.0 Å². The molecule has 0 fully saturated rings. The number of hydrogen-bond donors (Lipinski definition) is 6. The Morgan fingerprint density at radius 1 is 1.16 bits per heavy atom. The highest BCUT2D eigenvalue weighted by molar-refractivity contribution is 7.94. The maximum Gasteiger partial charge on any atom is 0.341 e. The van der Waals surface area contributed by atoms with Crippen LogP contribution in [0.25, 0.3) is 0 Å². The molecule has 0 radical (unpaired) electrons. The van der Waals surface area contributed by atoms with E-state index in [1.165, 1.54) is 48.9 Å². The highest BCUT2D eigenvalue weighted by Gasteiger charge is 2.33. The smallest absolute Gasteiger partial charge is 0.341 e. The van der Waals surface area contributed by atoms with Crippen molar-refractivity contribution in [2.75, 3.05) is 69.2 Å². The topological polar surface area (TPSA) is 344 Å². The molecule has 6 rings (SSSR count).